The van der Waals surface area contributed by atoms with Crippen LogP contribution in [0.1, 0.15) is 17.0 Å². The Labute approximate surface area is 144 Å². The Kier molecular flexibility index (Phi) is 4.91. The molecule has 0 amide bonds. The van der Waals surface area contributed by atoms with E-state index in [1.165, 1.54) is 24.3 Å². The van der Waals surface area contributed by atoms with Crippen LogP contribution in [0.5, 0.6) is 0 Å². The van der Waals surface area contributed by atoms with E-state index in [0.29, 0.717) is 11.4 Å². The van der Waals surface area contributed by atoms with E-state index >= 15 is 0 Å². The van der Waals surface area contributed by atoms with Crippen LogP contribution in [-0.4, -0.2) is 18.6 Å². The van der Waals surface area contributed by atoms with Crippen molar-refractivity contribution in [1.82, 2.24) is 14.9 Å². The summed E-state index contributed by atoms with van der Waals surface area (Å²) in [5, 5.41) is 3.88. The van der Waals surface area contributed by atoms with E-state index in [1.54, 1.807) is 0 Å². The molecule has 0 radical (unpaired) electrons. The van der Waals surface area contributed by atoms with E-state index in [9.17, 15) is 12.8 Å². The van der Waals surface area contributed by atoms with Crippen LogP contribution < -0.4 is 4.72 Å². The predicted molar refractivity (Wildman–Crippen MR) is 90.3 cm³/mol. The highest BCUT2D eigenvalue weighted by Crippen LogP contribution is 2.19. The summed E-state index contributed by atoms with van der Waals surface area (Å²) in [7, 11) is -3.61. The van der Waals surface area contributed by atoms with Crippen LogP contribution in [0.4, 0.5) is 4.39 Å². The van der Waals surface area contributed by atoms with Crippen molar-refractivity contribution in [2.45, 2.75) is 19.2 Å². The minimum atomic E-state index is -3.61. The molecule has 0 aliphatic heterocycles. The third kappa shape index (κ3) is 4.49. The Balaban J connectivity index is 1.65. The summed E-state index contributed by atoms with van der Waals surface area (Å²) in [5.41, 5.74) is 2.30. The van der Waals surface area contributed by atoms with Crippen LogP contribution in [0.15, 0.2) is 53.1 Å². The minimum Gasteiger partial charge on any atom is -0.338 e. The number of halogens is 1. The van der Waals surface area contributed by atoms with Crippen molar-refractivity contribution in [2.24, 2.45) is 0 Å². The average molecular weight is 361 g/mol. The van der Waals surface area contributed by atoms with Gasteiger partial charge in [-0.2, -0.15) is 4.98 Å². The quantitative estimate of drug-likeness (QED) is 0.730. The molecule has 0 spiro atoms. The normalized spacial score (nSPS) is 11.6. The molecule has 0 atom stereocenters. The lowest BCUT2D eigenvalue weighted by atomic mass is 10.1. The van der Waals surface area contributed by atoms with Crippen molar-refractivity contribution >= 4 is 10.0 Å². The molecule has 0 saturated heterocycles. The summed E-state index contributed by atoms with van der Waals surface area (Å²) < 4.78 is 44.6. The molecule has 1 N–H and O–H groups in total. The molecule has 3 rings (SSSR count). The number of nitrogens with one attached hydrogen (secondary N) is 1. The third-order valence-electron chi connectivity index (χ3n) is 3.57. The topological polar surface area (TPSA) is 85.1 Å². The Morgan fingerprint density at radius 3 is 2.56 bits per heavy atom. The van der Waals surface area contributed by atoms with E-state index in [0.717, 1.165) is 11.1 Å². The van der Waals surface area contributed by atoms with Gasteiger partial charge in [-0.05, 0) is 30.2 Å². The minimum absolute atomic E-state index is 0.109. The van der Waals surface area contributed by atoms with E-state index in [4.69, 9.17) is 4.52 Å². The zero-order valence-electron chi connectivity index (χ0n) is 13.4. The van der Waals surface area contributed by atoms with Gasteiger partial charge in [-0.15, -0.1) is 0 Å². The molecular formula is C17H16FN3O3S. The van der Waals surface area contributed by atoms with Crippen molar-refractivity contribution in [3.63, 3.8) is 0 Å². The average Bonchev–Trinajstić information content (AvgIpc) is 3.04. The van der Waals surface area contributed by atoms with Gasteiger partial charge in [-0.25, -0.2) is 17.5 Å². The molecular weight excluding hydrogens is 345 g/mol. The molecule has 1 heterocycles. The van der Waals surface area contributed by atoms with Crippen LogP contribution in [0, 0.1) is 12.7 Å². The summed E-state index contributed by atoms with van der Waals surface area (Å²) in [6, 6.07) is 12.9. The van der Waals surface area contributed by atoms with E-state index < -0.39 is 15.8 Å². The van der Waals surface area contributed by atoms with Gasteiger partial charge in [0.15, 0.2) is 0 Å². The van der Waals surface area contributed by atoms with Crippen LogP contribution in [0.25, 0.3) is 11.4 Å². The molecule has 25 heavy (non-hydrogen) atoms. The predicted octanol–water partition coefficient (Wildman–Crippen LogP) is 2.80. The number of aromatic nitrogens is 2. The Bertz CT molecular complexity index is 969. The van der Waals surface area contributed by atoms with Crippen LogP contribution in [0.3, 0.4) is 0 Å². The highest BCUT2D eigenvalue weighted by molar-refractivity contribution is 7.88. The van der Waals surface area contributed by atoms with Gasteiger partial charge in [-0.3, -0.25) is 0 Å². The van der Waals surface area contributed by atoms with Crippen molar-refractivity contribution in [3.8, 4) is 11.4 Å². The van der Waals surface area contributed by atoms with Gasteiger partial charge in [0.2, 0.25) is 21.7 Å². The van der Waals surface area contributed by atoms with Gasteiger partial charge in [0.25, 0.3) is 0 Å². The molecule has 130 valence electrons. The van der Waals surface area contributed by atoms with E-state index in [1.807, 2.05) is 31.2 Å². The fraction of sp³-hybridized carbons (Fsp3) is 0.176. The highest BCUT2D eigenvalue weighted by atomic mass is 32.2. The second-order valence-corrected chi connectivity index (χ2v) is 7.34. The summed E-state index contributed by atoms with van der Waals surface area (Å²) >= 11 is 0. The lowest BCUT2D eigenvalue weighted by Crippen LogP contribution is -2.24. The molecule has 0 aliphatic carbocycles. The van der Waals surface area contributed by atoms with Crippen molar-refractivity contribution < 1.29 is 17.3 Å². The molecule has 0 fully saturated rings. The second-order valence-electron chi connectivity index (χ2n) is 5.53. The monoisotopic (exact) mass is 361 g/mol. The summed E-state index contributed by atoms with van der Waals surface area (Å²) in [6.07, 6.45) is 0. The molecule has 6 nitrogen and oxygen atoms in total. The largest absolute Gasteiger partial charge is 0.338 e. The third-order valence-corrected chi connectivity index (χ3v) is 4.86. The highest BCUT2D eigenvalue weighted by Gasteiger charge is 2.15. The number of hydrogen-bond donors (Lipinski definition) is 1. The number of aryl methyl sites for hydroxylation is 1. The smallest absolute Gasteiger partial charge is 0.242 e. The molecule has 0 aliphatic rings. The summed E-state index contributed by atoms with van der Waals surface area (Å²) in [5.74, 6) is -0.0954. The van der Waals surface area contributed by atoms with Crippen LogP contribution in [-0.2, 0) is 22.3 Å². The van der Waals surface area contributed by atoms with Crippen LogP contribution >= 0.6 is 0 Å². The first-order chi connectivity index (χ1) is 11.9. The van der Waals surface area contributed by atoms with Gasteiger partial charge >= 0.3 is 0 Å². The number of rotatable bonds is 6. The molecule has 1 aromatic heterocycles. The molecule has 0 unspecified atom stereocenters. The fourth-order valence-electron chi connectivity index (χ4n) is 2.28. The Morgan fingerprint density at radius 1 is 1.12 bits per heavy atom. The van der Waals surface area contributed by atoms with Gasteiger partial charge in [0, 0.05) is 5.56 Å². The molecule has 2 aromatic carbocycles. The first kappa shape index (κ1) is 17.2. The zero-order valence-corrected chi connectivity index (χ0v) is 14.3. The van der Waals surface area contributed by atoms with Gasteiger partial charge in [0.1, 0.15) is 5.82 Å². The molecule has 0 saturated carbocycles. The van der Waals surface area contributed by atoms with Crippen molar-refractivity contribution in [3.05, 3.63) is 71.4 Å². The number of hydrogen-bond acceptors (Lipinski definition) is 5. The maximum absolute atomic E-state index is 12.9. The lowest BCUT2D eigenvalue weighted by Gasteiger charge is -2.04. The van der Waals surface area contributed by atoms with Crippen molar-refractivity contribution in [1.29, 1.82) is 0 Å². The Hall–Kier alpha value is -2.58. The number of nitrogens with zero attached hydrogens (tertiary/aromatic N) is 2. The fourth-order valence-corrected chi connectivity index (χ4v) is 3.36. The zero-order chi connectivity index (χ0) is 17.9. The molecule has 8 heteroatoms. The lowest BCUT2D eigenvalue weighted by molar-refractivity contribution is 0.376. The van der Waals surface area contributed by atoms with E-state index in [-0.39, 0.29) is 18.2 Å². The van der Waals surface area contributed by atoms with Gasteiger partial charge < -0.3 is 4.52 Å². The van der Waals surface area contributed by atoms with Crippen molar-refractivity contribution in [2.75, 3.05) is 0 Å². The molecule has 0 bridgehead atoms. The van der Waals surface area contributed by atoms with Gasteiger partial charge in [0.05, 0.1) is 12.3 Å². The maximum Gasteiger partial charge on any atom is 0.242 e. The maximum atomic E-state index is 12.9. The SMILES string of the molecule is Cc1ccccc1-c1noc(CNS(=O)(=O)Cc2ccc(F)cc2)n1. The number of sulfonamides is 1. The standard InChI is InChI=1S/C17H16FN3O3S/c1-12-4-2-3-5-15(12)17-20-16(24-21-17)10-19-25(22,23)11-13-6-8-14(18)9-7-13/h2-9,19H,10-11H2,1H3. The Morgan fingerprint density at radius 2 is 1.84 bits per heavy atom. The molecule has 3 aromatic rings. The van der Waals surface area contributed by atoms with Crippen LogP contribution in [0.2, 0.25) is 0 Å². The van der Waals surface area contributed by atoms with E-state index in [2.05, 4.69) is 14.9 Å². The first-order valence-corrected chi connectivity index (χ1v) is 9.18. The van der Waals surface area contributed by atoms with Gasteiger partial charge in [-0.1, -0.05) is 41.6 Å². The second kappa shape index (κ2) is 7.12. The number of benzene rings is 2. The summed E-state index contributed by atoms with van der Waals surface area (Å²) in [6.45, 7) is 1.82. The first-order valence-electron chi connectivity index (χ1n) is 7.53. The summed E-state index contributed by atoms with van der Waals surface area (Å²) in [4.78, 5) is 4.21.